The molecule has 0 spiro atoms. The lowest BCUT2D eigenvalue weighted by Gasteiger charge is -2.42. The number of hydrogen-bond donors (Lipinski definition) is 1. The van der Waals surface area contributed by atoms with Crippen LogP contribution in [-0.2, 0) is 4.79 Å². The van der Waals surface area contributed by atoms with Crippen LogP contribution in [-0.4, -0.2) is 54.0 Å². The van der Waals surface area contributed by atoms with E-state index in [9.17, 15) is 4.79 Å². The van der Waals surface area contributed by atoms with E-state index in [1.165, 1.54) is 25.7 Å². The fourth-order valence-electron chi connectivity index (χ4n) is 3.58. The Morgan fingerprint density at radius 3 is 2.24 bits per heavy atom. The summed E-state index contributed by atoms with van der Waals surface area (Å²) >= 11 is 0. The van der Waals surface area contributed by atoms with Crippen LogP contribution in [0.25, 0.3) is 0 Å². The largest absolute Gasteiger partial charge is 0.339 e. The minimum absolute atomic E-state index is 0. The first-order valence-electron chi connectivity index (χ1n) is 8.40. The molecule has 1 amide bonds. The molecule has 1 aliphatic heterocycles. The van der Waals surface area contributed by atoms with Gasteiger partial charge in [0.2, 0.25) is 5.91 Å². The van der Waals surface area contributed by atoms with E-state index in [1.807, 2.05) is 4.90 Å². The Bertz CT molecular complexity index is 311. The number of carbonyl (C=O) groups excluding carboxylic acids is 1. The summed E-state index contributed by atoms with van der Waals surface area (Å²) in [6, 6.07) is 0.467. The van der Waals surface area contributed by atoms with Crippen molar-refractivity contribution in [3.05, 3.63) is 0 Å². The topological polar surface area (TPSA) is 49.6 Å². The Morgan fingerprint density at radius 2 is 1.71 bits per heavy atom. The standard InChI is InChI=1S/C16H31N3O.ClH/c1-3-4-15(17)16(20)19-11-9-18(10-12-19)14-7-5-13(2)6-8-14;/h13-15H,3-12,17H2,1-2H3;1H. The minimum atomic E-state index is -0.290. The Hall–Kier alpha value is -0.320. The molecular weight excluding hydrogens is 286 g/mol. The highest BCUT2D eigenvalue weighted by atomic mass is 35.5. The predicted octanol–water partition coefficient (Wildman–Crippen LogP) is 2.26. The molecule has 1 saturated carbocycles. The van der Waals surface area contributed by atoms with Crippen LogP contribution < -0.4 is 5.73 Å². The van der Waals surface area contributed by atoms with Crippen molar-refractivity contribution in [1.29, 1.82) is 0 Å². The van der Waals surface area contributed by atoms with Crippen molar-refractivity contribution in [1.82, 2.24) is 9.80 Å². The van der Waals surface area contributed by atoms with Crippen LogP contribution in [0.3, 0.4) is 0 Å². The number of nitrogens with two attached hydrogens (primary N) is 1. The van der Waals surface area contributed by atoms with Gasteiger partial charge < -0.3 is 10.6 Å². The van der Waals surface area contributed by atoms with Crippen LogP contribution in [0.1, 0.15) is 52.4 Å². The average molecular weight is 318 g/mol. The van der Waals surface area contributed by atoms with E-state index in [4.69, 9.17) is 5.73 Å². The first kappa shape index (κ1) is 18.7. The monoisotopic (exact) mass is 317 g/mol. The molecular formula is C16H32ClN3O. The molecule has 2 rings (SSSR count). The van der Waals surface area contributed by atoms with E-state index in [-0.39, 0.29) is 24.4 Å². The molecule has 124 valence electrons. The maximum Gasteiger partial charge on any atom is 0.239 e. The van der Waals surface area contributed by atoms with E-state index < -0.39 is 0 Å². The van der Waals surface area contributed by atoms with Crippen LogP contribution >= 0.6 is 12.4 Å². The van der Waals surface area contributed by atoms with E-state index in [1.54, 1.807) is 0 Å². The summed E-state index contributed by atoms with van der Waals surface area (Å²) in [6.45, 7) is 8.23. The lowest BCUT2D eigenvalue weighted by Crippen LogP contribution is -2.55. The maximum absolute atomic E-state index is 12.2. The number of piperazine rings is 1. The van der Waals surface area contributed by atoms with Crippen molar-refractivity contribution < 1.29 is 4.79 Å². The molecule has 1 atom stereocenters. The van der Waals surface area contributed by atoms with Crippen LogP contribution in [0.5, 0.6) is 0 Å². The van der Waals surface area contributed by atoms with Crippen molar-refractivity contribution in [2.24, 2.45) is 11.7 Å². The molecule has 0 bridgehead atoms. The highest BCUT2D eigenvalue weighted by molar-refractivity contribution is 5.85. The molecule has 21 heavy (non-hydrogen) atoms. The van der Waals surface area contributed by atoms with Gasteiger partial charge in [-0.1, -0.05) is 20.3 Å². The molecule has 5 heteroatoms. The molecule has 1 saturated heterocycles. The van der Waals surface area contributed by atoms with Gasteiger partial charge in [0, 0.05) is 32.2 Å². The predicted molar refractivity (Wildman–Crippen MR) is 89.7 cm³/mol. The van der Waals surface area contributed by atoms with Crippen LogP contribution in [0.4, 0.5) is 0 Å². The molecule has 1 aliphatic carbocycles. The summed E-state index contributed by atoms with van der Waals surface area (Å²) < 4.78 is 0. The zero-order valence-electron chi connectivity index (χ0n) is 13.6. The summed E-state index contributed by atoms with van der Waals surface area (Å²) in [4.78, 5) is 16.8. The first-order valence-corrected chi connectivity index (χ1v) is 8.40. The SMILES string of the molecule is CCCC(N)C(=O)N1CCN(C2CCC(C)CC2)CC1.Cl. The quantitative estimate of drug-likeness (QED) is 0.865. The van der Waals surface area contributed by atoms with Crippen LogP contribution in [0.2, 0.25) is 0 Å². The van der Waals surface area contributed by atoms with Gasteiger partial charge in [-0.25, -0.2) is 0 Å². The van der Waals surface area contributed by atoms with Gasteiger partial charge in [0.25, 0.3) is 0 Å². The zero-order chi connectivity index (χ0) is 14.5. The third-order valence-electron chi connectivity index (χ3n) is 5.04. The maximum atomic E-state index is 12.2. The number of hydrogen-bond acceptors (Lipinski definition) is 3. The van der Waals surface area contributed by atoms with Crippen molar-refractivity contribution in [2.45, 2.75) is 64.5 Å². The summed E-state index contributed by atoms with van der Waals surface area (Å²) in [5, 5.41) is 0. The molecule has 2 N–H and O–H groups in total. The summed E-state index contributed by atoms with van der Waals surface area (Å²) in [6.07, 6.45) is 7.19. The Balaban J connectivity index is 0.00000220. The first-order chi connectivity index (χ1) is 9.61. The van der Waals surface area contributed by atoms with Crippen LogP contribution in [0.15, 0.2) is 0 Å². The van der Waals surface area contributed by atoms with E-state index >= 15 is 0 Å². The van der Waals surface area contributed by atoms with Gasteiger partial charge in [-0.15, -0.1) is 12.4 Å². The molecule has 2 aliphatic rings. The van der Waals surface area contributed by atoms with Gasteiger partial charge in [-0.05, 0) is 38.0 Å². The third-order valence-corrected chi connectivity index (χ3v) is 5.04. The molecule has 0 radical (unpaired) electrons. The second-order valence-corrected chi connectivity index (χ2v) is 6.67. The Labute approximate surface area is 135 Å². The molecule has 1 heterocycles. The van der Waals surface area contributed by atoms with Crippen molar-refractivity contribution >= 4 is 18.3 Å². The van der Waals surface area contributed by atoms with E-state index in [2.05, 4.69) is 18.7 Å². The fourth-order valence-corrected chi connectivity index (χ4v) is 3.58. The molecule has 0 aromatic rings. The molecule has 0 aromatic carbocycles. The van der Waals surface area contributed by atoms with Crippen molar-refractivity contribution in [3.8, 4) is 0 Å². The number of halogens is 1. The summed E-state index contributed by atoms with van der Waals surface area (Å²) in [5.41, 5.74) is 5.95. The van der Waals surface area contributed by atoms with Gasteiger partial charge in [-0.2, -0.15) is 0 Å². The van der Waals surface area contributed by atoms with Crippen molar-refractivity contribution in [2.75, 3.05) is 26.2 Å². The smallest absolute Gasteiger partial charge is 0.239 e. The van der Waals surface area contributed by atoms with E-state index in [0.717, 1.165) is 51.0 Å². The van der Waals surface area contributed by atoms with Crippen LogP contribution in [0, 0.1) is 5.92 Å². The normalized spacial score (nSPS) is 28.8. The molecule has 1 unspecified atom stereocenters. The zero-order valence-corrected chi connectivity index (χ0v) is 14.4. The van der Waals surface area contributed by atoms with Gasteiger partial charge >= 0.3 is 0 Å². The number of nitrogens with zero attached hydrogens (tertiary/aromatic N) is 2. The number of carbonyl (C=O) groups is 1. The average Bonchev–Trinajstić information content (AvgIpc) is 2.48. The lowest BCUT2D eigenvalue weighted by atomic mass is 9.86. The minimum Gasteiger partial charge on any atom is -0.339 e. The van der Waals surface area contributed by atoms with Gasteiger partial charge in [0.1, 0.15) is 0 Å². The lowest BCUT2D eigenvalue weighted by molar-refractivity contribution is -0.135. The number of amides is 1. The van der Waals surface area contributed by atoms with E-state index in [0.29, 0.717) is 0 Å². The highest BCUT2D eigenvalue weighted by Crippen LogP contribution is 2.27. The van der Waals surface area contributed by atoms with Gasteiger partial charge in [0.15, 0.2) is 0 Å². The Kier molecular flexibility index (Phi) is 7.99. The highest BCUT2D eigenvalue weighted by Gasteiger charge is 2.29. The second kappa shape index (κ2) is 8.96. The fraction of sp³-hybridized carbons (Fsp3) is 0.938. The third kappa shape index (κ3) is 5.11. The summed E-state index contributed by atoms with van der Waals surface area (Å²) in [5.74, 6) is 1.06. The Morgan fingerprint density at radius 1 is 1.14 bits per heavy atom. The summed E-state index contributed by atoms with van der Waals surface area (Å²) in [7, 11) is 0. The molecule has 2 fully saturated rings. The number of rotatable bonds is 4. The van der Waals surface area contributed by atoms with Gasteiger partial charge in [0.05, 0.1) is 6.04 Å². The molecule has 4 nitrogen and oxygen atoms in total. The van der Waals surface area contributed by atoms with Crippen molar-refractivity contribution in [3.63, 3.8) is 0 Å². The molecule has 0 aromatic heterocycles. The van der Waals surface area contributed by atoms with Gasteiger partial charge in [-0.3, -0.25) is 9.69 Å². The second-order valence-electron chi connectivity index (χ2n) is 6.67.